The third-order valence-electron chi connectivity index (χ3n) is 3.07. The standard InChI is InChI=1S/C10H16N2O2/c13-8-7-11-6-2-5-10(14)12(11)9-3-1-4-9/h8-9H,1-7H2. The van der Waals surface area contributed by atoms with Crippen molar-refractivity contribution in [3.8, 4) is 0 Å². The number of hydrogen-bond acceptors (Lipinski definition) is 3. The molecule has 1 aliphatic carbocycles. The van der Waals surface area contributed by atoms with Crippen LogP contribution >= 0.6 is 0 Å². The van der Waals surface area contributed by atoms with E-state index in [4.69, 9.17) is 0 Å². The molecule has 14 heavy (non-hydrogen) atoms. The average Bonchev–Trinajstić information content (AvgIpc) is 2.08. The van der Waals surface area contributed by atoms with Gasteiger partial charge >= 0.3 is 0 Å². The van der Waals surface area contributed by atoms with Crippen molar-refractivity contribution in [3.05, 3.63) is 0 Å². The number of nitrogens with zero attached hydrogens (tertiary/aromatic N) is 2. The minimum absolute atomic E-state index is 0.197. The van der Waals surface area contributed by atoms with Crippen LogP contribution in [0.5, 0.6) is 0 Å². The monoisotopic (exact) mass is 196 g/mol. The van der Waals surface area contributed by atoms with Crippen LogP contribution in [0.25, 0.3) is 0 Å². The lowest BCUT2D eigenvalue weighted by molar-refractivity contribution is -0.167. The minimum Gasteiger partial charge on any atom is -0.302 e. The topological polar surface area (TPSA) is 40.6 Å². The number of hydrogen-bond donors (Lipinski definition) is 0. The average molecular weight is 196 g/mol. The maximum atomic E-state index is 11.7. The summed E-state index contributed by atoms with van der Waals surface area (Å²) in [4.78, 5) is 22.2. The number of aldehydes is 1. The van der Waals surface area contributed by atoms with Crippen molar-refractivity contribution >= 4 is 12.2 Å². The van der Waals surface area contributed by atoms with Crippen molar-refractivity contribution in [1.82, 2.24) is 10.0 Å². The van der Waals surface area contributed by atoms with Crippen molar-refractivity contribution in [2.75, 3.05) is 13.1 Å². The van der Waals surface area contributed by atoms with Gasteiger partial charge in [-0.1, -0.05) is 0 Å². The summed E-state index contributed by atoms with van der Waals surface area (Å²) in [7, 11) is 0. The second-order valence-electron chi connectivity index (χ2n) is 4.01. The van der Waals surface area contributed by atoms with Crippen LogP contribution in [-0.4, -0.2) is 41.3 Å². The Balaban J connectivity index is 2.03. The lowest BCUT2D eigenvalue weighted by Crippen LogP contribution is -2.57. The van der Waals surface area contributed by atoms with Crippen molar-refractivity contribution in [2.45, 2.75) is 38.1 Å². The van der Waals surface area contributed by atoms with E-state index in [-0.39, 0.29) is 5.91 Å². The molecule has 0 aromatic heterocycles. The van der Waals surface area contributed by atoms with Gasteiger partial charge in [-0.2, -0.15) is 0 Å². The summed E-state index contributed by atoms with van der Waals surface area (Å²) >= 11 is 0. The molecule has 0 radical (unpaired) electrons. The first-order valence-corrected chi connectivity index (χ1v) is 5.33. The predicted molar refractivity (Wildman–Crippen MR) is 51.4 cm³/mol. The van der Waals surface area contributed by atoms with Gasteiger partial charge in [-0.05, 0) is 25.7 Å². The van der Waals surface area contributed by atoms with Crippen LogP contribution in [0.15, 0.2) is 0 Å². The lowest BCUT2D eigenvalue weighted by atomic mass is 9.91. The Morgan fingerprint density at radius 1 is 1.36 bits per heavy atom. The fourth-order valence-corrected chi connectivity index (χ4v) is 2.12. The van der Waals surface area contributed by atoms with E-state index < -0.39 is 0 Å². The van der Waals surface area contributed by atoms with E-state index in [1.807, 2.05) is 10.0 Å². The van der Waals surface area contributed by atoms with E-state index in [9.17, 15) is 9.59 Å². The third-order valence-corrected chi connectivity index (χ3v) is 3.07. The van der Waals surface area contributed by atoms with E-state index >= 15 is 0 Å². The fourth-order valence-electron chi connectivity index (χ4n) is 2.12. The van der Waals surface area contributed by atoms with Crippen molar-refractivity contribution in [1.29, 1.82) is 0 Å². The first kappa shape index (κ1) is 9.65. The molecule has 0 spiro atoms. The quantitative estimate of drug-likeness (QED) is 0.620. The van der Waals surface area contributed by atoms with Gasteiger partial charge in [0.1, 0.15) is 6.29 Å². The fraction of sp³-hybridized carbons (Fsp3) is 0.800. The molecular formula is C10H16N2O2. The molecule has 4 heteroatoms. The highest BCUT2D eigenvalue weighted by Crippen LogP contribution is 2.28. The van der Waals surface area contributed by atoms with Gasteiger partial charge in [0, 0.05) is 19.0 Å². The minimum atomic E-state index is 0.197. The van der Waals surface area contributed by atoms with Crippen LogP contribution in [0.3, 0.4) is 0 Å². The first-order chi connectivity index (χ1) is 6.83. The van der Waals surface area contributed by atoms with E-state index in [2.05, 4.69) is 0 Å². The molecule has 1 amide bonds. The molecule has 4 nitrogen and oxygen atoms in total. The maximum absolute atomic E-state index is 11.7. The van der Waals surface area contributed by atoms with Crippen LogP contribution < -0.4 is 0 Å². The summed E-state index contributed by atoms with van der Waals surface area (Å²) in [6, 6.07) is 0.378. The zero-order valence-electron chi connectivity index (χ0n) is 8.32. The van der Waals surface area contributed by atoms with E-state index in [1.54, 1.807) is 0 Å². The van der Waals surface area contributed by atoms with Gasteiger partial charge in [0.15, 0.2) is 0 Å². The molecule has 0 aromatic rings. The zero-order chi connectivity index (χ0) is 9.97. The van der Waals surface area contributed by atoms with Crippen molar-refractivity contribution in [2.24, 2.45) is 0 Å². The van der Waals surface area contributed by atoms with Gasteiger partial charge in [-0.25, -0.2) is 5.01 Å². The highest BCUT2D eigenvalue weighted by atomic mass is 16.2. The molecule has 1 heterocycles. The van der Waals surface area contributed by atoms with Gasteiger partial charge in [0.25, 0.3) is 0 Å². The van der Waals surface area contributed by atoms with E-state index in [1.165, 1.54) is 6.42 Å². The molecular weight excluding hydrogens is 180 g/mol. The van der Waals surface area contributed by atoms with Crippen LogP contribution in [0.4, 0.5) is 0 Å². The third kappa shape index (κ3) is 1.66. The van der Waals surface area contributed by atoms with Gasteiger partial charge < -0.3 is 4.79 Å². The molecule has 0 aromatic carbocycles. The second kappa shape index (κ2) is 4.09. The Bertz CT molecular complexity index is 238. The molecule has 0 atom stereocenters. The summed E-state index contributed by atoms with van der Waals surface area (Å²) in [5.74, 6) is 0.197. The second-order valence-corrected chi connectivity index (χ2v) is 4.01. The van der Waals surface area contributed by atoms with Crippen molar-refractivity contribution in [3.63, 3.8) is 0 Å². The Kier molecular flexibility index (Phi) is 2.82. The Hall–Kier alpha value is -0.900. The molecule has 2 rings (SSSR count). The molecule has 0 N–H and O–H groups in total. The SMILES string of the molecule is O=CCN1CCCC(=O)N1C1CCC1. The number of amides is 1. The highest BCUT2D eigenvalue weighted by molar-refractivity contribution is 5.77. The number of rotatable bonds is 3. The number of hydrazine groups is 1. The Labute approximate surface area is 83.8 Å². The first-order valence-electron chi connectivity index (χ1n) is 5.33. The molecule has 2 aliphatic rings. The molecule has 1 aliphatic heterocycles. The normalized spacial score (nSPS) is 24.9. The number of carbonyl (C=O) groups is 2. The smallest absolute Gasteiger partial charge is 0.237 e. The van der Waals surface area contributed by atoms with Crippen molar-refractivity contribution < 1.29 is 9.59 Å². The Morgan fingerprint density at radius 3 is 2.71 bits per heavy atom. The molecule has 2 fully saturated rings. The Morgan fingerprint density at radius 2 is 2.14 bits per heavy atom. The summed E-state index contributed by atoms with van der Waals surface area (Å²) in [6.45, 7) is 1.21. The van der Waals surface area contributed by atoms with Gasteiger partial charge in [0.2, 0.25) is 5.91 Å². The van der Waals surface area contributed by atoms with Gasteiger partial charge in [-0.15, -0.1) is 0 Å². The summed E-state index contributed by atoms with van der Waals surface area (Å²) in [6.07, 6.45) is 5.82. The molecule has 1 saturated carbocycles. The summed E-state index contributed by atoms with van der Waals surface area (Å²) < 4.78 is 0. The predicted octanol–water partition coefficient (Wildman–Crippen LogP) is 0.577. The summed E-state index contributed by atoms with van der Waals surface area (Å²) in [5.41, 5.74) is 0. The highest BCUT2D eigenvalue weighted by Gasteiger charge is 2.34. The maximum Gasteiger partial charge on any atom is 0.237 e. The molecule has 78 valence electrons. The van der Waals surface area contributed by atoms with Crippen LogP contribution in [0.1, 0.15) is 32.1 Å². The largest absolute Gasteiger partial charge is 0.302 e. The van der Waals surface area contributed by atoms with E-state index in [0.29, 0.717) is 19.0 Å². The molecule has 0 unspecified atom stereocenters. The molecule has 1 saturated heterocycles. The summed E-state index contributed by atoms with van der Waals surface area (Å²) in [5, 5.41) is 3.74. The van der Waals surface area contributed by atoms with E-state index in [0.717, 1.165) is 32.1 Å². The zero-order valence-corrected chi connectivity index (χ0v) is 8.32. The van der Waals surface area contributed by atoms with Crippen LogP contribution in [-0.2, 0) is 9.59 Å². The van der Waals surface area contributed by atoms with Crippen LogP contribution in [0.2, 0.25) is 0 Å². The number of carbonyl (C=O) groups excluding carboxylic acids is 2. The molecule has 0 bridgehead atoms. The van der Waals surface area contributed by atoms with Gasteiger partial charge in [0.05, 0.1) is 6.54 Å². The van der Waals surface area contributed by atoms with Crippen LogP contribution in [0, 0.1) is 0 Å². The van der Waals surface area contributed by atoms with Gasteiger partial charge in [-0.3, -0.25) is 9.80 Å². The lowest BCUT2D eigenvalue weighted by Gasteiger charge is -2.46.